The number of hydrogen-bond acceptors (Lipinski definition) is 7. The largest absolute Gasteiger partial charge is 0.483 e. The fourth-order valence-electron chi connectivity index (χ4n) is 3.47. The summed E-state index contributed by atoms with van der Waals surface area (Å²) in [5, 5.41) is 13.6. The second-order valence-corrected chi connectivity index (χ2v) is 7.74. The Morgan fingerprint density at radius 2 is 2.03 bits per heavy atom. The number of Topliss-reactive ketones (excluding diaryl/α,β-unsaturated/α-hetero) is 1. The van der Waals surface area contributed by atoms with Gasteiger partial charge >= 0.3 is 0 Å². The van der Waals surface area contributed by atoms with Crippen LogP contribution in [0.25, 0.3) is 0 Å². The van der Waals surface area contributed by atoms with Crippen LogP contribution in [0.3, 0.4) is 0 Å². The smallest absolute Gasteiger partial charge is 0.257 e. The SMILES string of the molecule is CCCCCCc1ccc(C#CC(=O)c2cccc3c2OC(N)(c2nn[nH]n2)CO3)cc1. The number of hydrogen-bond donors (Lipinski definition) is 2. The molecule has 1 aliphatic rings. The number of H-pyrrole nitrogens is 1. The molecule has 0 amide bonds. The van der Waals surface area contributed by atoms with Crippen molar-refractivity contribution in [2.24, 2.45) is 5.73 Å². The molecule has 8 nitrogen and oxygen atoms in total. The third kappa shape index (κ3) is 4.79. The zero-order valence-electron chi connectivity index (χ0n) is 17.9. The fraction of sp³-hybridized carbons (Fsp3) is 0.333. The lowest BCUT2D eigenvalue weighted by atomic mass is 10.0. The summed E-state index contributed by atoms with van der Waals surface area (Å²) in [6, 6.07) is 13.1. The number of ketones is 1. The van der Waals surface area contributed by atoms with Gasteiger partial charge in [0, 0.05) is 5.56 Å². The molecule has 0 radical (unpaired) electrons. The van der Waals surface area contributed by atoms with Crippen LogP contribution < -0.4 is 15.2 Å². The summed E-state index contributed by atoms with van der Waals surface area (Å²) < 4.78 is 11.6. The molecular weight excluding hydrogens is 406 g/mol. The molecule has 3 aromatic rings. The molecule has 0 fully saturated rings. The minimum Gasteiger partial charge on any atom is -0.483 e. The van der Waals surface area contributed by atoms with Gasteiger partial charge in [-0.15, -0.1) is 10.2 Å². The number of nitrogens with zero attached hydrogens (tertiary/aromatic N) is 3. The highest BCUT2D eigenvalue weighted by Crippen LogP contribution is 2.39. The van der Waals surface area contributed by atoms with Crippen molar-refractivity contribution in [3.63, 3.8) is 0 Å². The lowest BCUT2D eigenvalue weighted by Crippen LogP contribution is -2.51. The predicted octanol–water partition coefficient (Wildman–Crippen LogP) is 3.14. The molecule has 0 aliphatic carbocycles. The van der Waals surface area contributed by atoms with Gasteiger partial charge in [-0.3, -0.25) is 10.5 Å². The van der Waals surface area contributed by atoms with E-state index in [-0.39, 0.29) is 23.7 Å². The maximum atomic E-state index is 12.9. The summed E-state index contributed by atoms with van der Waals surface area (Å²) in [6.07, 6.45) is 5.99. The first-order chi connectivity index (χ1) is 15.6. The summed E-state index contributed by atoms with van der Waals surface area (Å²) >= 11 is 0. The lowest BCUT2D eigenvalue weighted by Gasteiger charge is -2.33. The Kier molecular flexibility index (Phi) is 6.47. The van der Waals surface area contributed by atoms with Crippen molar-refractivity contribution >= 4 is 5.78 Å². The molecule has 0 spiro atoms. The van der Waals surface area contributed by atoms with E-state index in [0.717, 1.165) is 12.0 Å². The topological polar surface area (TPSA) is 116 Å². The monoisotopic (exact) mass is 431 g/mol. The summed E-state index contributed by atoms with van der Waals surface area (Å²) in [5.41, 5.74) is 7.12. The average Bonchev–Trinajstić information content (AvgIpc) is 3.37. The lowest BCUT2D eigenvalue weighted by molar-refractivity contribution is -0.0154. The molecule has 3 N–H and O–H groups in total. The molecular formula is C24H25N5O3. The average molecular weight is 431 g/mol. The van der Waals surface area contributed by atoms with Gasteiger partial charge in [-0.1, -0.05) is 50.3 Å². The highest BCUT2D eigenvalue weighted by molar-refractivity contribution is 6.11. The highest BCUT2D eigenvalue weighted by Gasteiger charge is 2.41. The second-order valence-electron chi connectivity index (χ2n) is 7.74. The fourth-order valence-corrected chi connectivity index (χ4v) is 3.47. The van der Waals surface area contributed by atoms with Gasteiger partial charge in [0.15, 0.2) is 11.5 Å². The van der Waals surface area contributed by atoms with E-state index in [9.17, 15) is 4.79 Å². The number of fused-ring (bicyclic) bond motifs is 1. The molecule has 1 atom stereocenters. The number of ether oxygens (including phenoxy) is 2. The number of aromatic nitrogens is 4. The zero-order chi connectivity index (χ0) is 22.4. The van der Waals surface area contributed by atoms with Crippen LogP contribution in [0.2, 0.25) is 0 Å². The number of tetrazole rings is 1. The van der Waals surface area contributed by atoms with Crippen molar-refractivity contribution < 1.29 is 14.3 Å². The van der Waals surface area contributed by atoms with Gasteiger partial charge < -0.3 is 9.47 Å². The van der Waals surface area contributed by atoms with E-state index < -0.39 is 11.5 Å². The van der Waals surface area contributed by atoms with Crippen LogP contribution in [0.4, 0.5) is 0 Å². The predicted molar refractivity (Wildman–Crippen MR) is 118 cm³/mol. The molecule has 0 bridgehead atoms. The van der Waals surface area contributed by atoms with E-state index in [0.29, 0.717) is 5.75 Å². The van der Waals surface area contributed by atoms with Crippen LogP contribution in [-0.2, 0) is 12.1 Å². The van der Waals surface area contributed by atoms with Crippen LogP contribution >= 0.6 is 0 Å². The van der Waals surface area contributed by atoms with Gasteiger partial charge in [-0.25, -0.2) is 0 Å². The standard InChI is InChI=1S/C24H25N5O3/c1-2-3-4-5-7-17-10-12-18(13-11-17)14-15-20(30)19-8-6-9-21-22(19)32-24(25,16-31-21)23-26-28-29-27-23/h6,8-13H,2-5,7,16,25H2,1H3,(H,26,27,28,29). The molecule has 2 heterocycles. The zero-order valence-corrected chi connectivity index (χ0v) is 17.9. The second kappa shape index (κ2) is 9.62. The van der Waals surface area contributed by atoms with Crippen LogP contribution in [0.15, 0.2) is 42.5 Å². The highest BCUT2D eigenvalue weighted by atomic mass is 16.6. The molecule has 0 saturated heterocycles. The number of carbonyl (C=O) groups is 1. The molecule has 1 aliphatic heterocycles. The first kappa shape index (κ1) is 21.5. The maximum Gasteiger partial charge on any atom is 0.257 e. The van der Waals surface area contributed by atoms with Gasteiger partial charge in [0.25, 0.3) is 5.72 Å². The van der Waals surface area contributed by atoms with E-state index in [2.05, 4.69) is 51.5 Å². The number of rotatable bonds is 7. The number of nitrogens with one attached hydrogen (secondary N) is 1. The van der Waals surface area contributed by atoms with E-state index in [1.54, 1.807) is 18.2 Å². The molecule has 0 saturated carbocycles. The molecule has 164 valence electrons. The number of aryl methyl sites for hydroxylation is 1. The number of aromatic amines is 1. The Bertz CT molecular complexity index is 1130. The van der Waals surface area contributed by atoms with E-state index in [4.69, 9.17) is 15.2 Å². The number of benzene rings is 2. The van der Waals surface area contributed by atoms with Crippen molar-refractivity contribution in [2.75, 3.05) is 6.61 Å². The van der Waals surface area contributed by atoms with Crippen LogP contribution in [0.5, 0.6) is 11.5 Å². The number of carbonyl (C=O) groups excluding carboxylic acids is 1. The summed E-state index contributed by atoms with van der Waals surface area (Å²) in [7, 11) is 0. The van der Waals surface area contributed by atoms with Crippen molar-refractivity contribution in [3.05, 3.63) is 65.0 Å². The molecule has 8 heteroatoms. The quantitative estimate of drug-likeness (QED) is 0.335. The normalized spacial score (nSPS) is 16.8. The van der Waals surface area contributed by atoms with E-state index in [1.165, 1.54) is 31.2 Å². The Labute approximate surface area is 186 Å². The Morgan fingerprint density at radius 3 is 2.78 bits per heavy atom. The van der Waals surface area contributed by atoms with Gasteiger partial charge in [0.1, 0.15) is 6.61 Å². The minimum atomic E-state index is -1.46. The summed E-state index contributed by atoms with van der Waals surface area (Å²) in [4.78, 5) is 12.9. The third-order valence-corrected chi connectivity index (χ3v) is 5.27. The van der Waals surface area contributed by atoms with Gasteiger partial charge in [0.2, 0.25) is 11.6 Å². The van der Waals surface area contributed by atoms with Crippen LogP contribution in [0, 0.1) is 11.8 Å². The first-order valence-corrected chi connectivity index (χ1v) is 10.7. The number of nitrogens with two attached hydrogens (primary N) is 1. The third-order valence-electron chi connectivity index (χ3n) is 5.27. The summed E-state index contributed by atoms with van der Waals surface area (Å²) in [6.45, 7) is 2.19. The Balaban J connectivity index is 1.48. The van der Waals surface area contributed by atoms with Crippen molar-refractivity contribution in [2.45, 2.75) is 44.8 Å². The number of unbranched alkanes of at least 4 members (excludes halogenated alkanes) is 3. The van der Waals surface area contributed by atoms with Gasteiger partial charge in [0.05, 0.1) is 5.56 Å². The molecule has 32 heavy (non-hydrogen) atoms. The minimum absolute atomic E-state index is 0.0202. The molecule has 1 unspecified atom stereocenters. The van der Waals surface area contributed by atoms with Crippen molar-refractivity contribution in [3.8, 4) is 23.3 Å². The van der Waals surface area contributed by atoms with E-state index >= 15 is 0 Å². The Hall–Kier alpha value is -3.70. The molecule has 2 aromatic carbocycles. The molecule has 1 aromatic heterocycles. The Morgan fingerprint density at radius 1 is 1.19 bits per heavy atom. The van der Waals surface area contributed by atoms with E-state index in [1.807, 2.05) is 12.1 Å². The maximum absolute atomic E-state index is 12.9. The van der Waals surface area contributed by atoms with Gasteiger partial charge in [-0.05, 0) is 53.8 Å². The van der Waals surface area contributed by atoms with Crippen molar-refractivity contribution in [1.82, 2.24) is 20.6 Å². The number of para-hydroxylation sites is 1. The van der Waals surface area contributed by atoms with Crippen LogP contribution in [-0.4, -0.2) is 33.0 Å². The van der Waals surface area contributed by atoms with Crippen LogP contribution in [0.1, 0.15) is 59.9 Å². The van der Waals surface area contributed by atoms with Crippen molar-refractivity contribution in [1.29, 1.82) is 0 Å². The van der Waals surface area contributed by atoms with Gasteiger partial charge in [-0.2, -0.15) is 5.21 Å². The first-order valence-electron chi connectivity index (χ1n) is 10.7. The molecule has 4 rings (SSSR count). The summed E-state index contributed by atoms with van der Waals surface area (Å²) in [5.74, 6) is 5.99.